The van der Waals surface area contributed by atoms with Gasteiger partial charge in [0.05, 0.1) is 33.9 Å². The molecule has 2 heterocycles. The second-order valence-electron chi connectivity index (χ2n) is 7.92. The third kappa shape index (κ3) is 5.65. The molecule has 2 aromatic carbocycles. The maximum atomic E-state index is 13.4. The summed E-state index contributed by atoms with van der Waals surface area (Å²) in [6, 6.07) is 24.1. The average molecular weight is 485 g/mol. The van der Waals surface area contributed by atoms with E-state index in [0.29, 0.717) is 44.8 Å². The number of para-hydroxylation sites is 2. The van der Waals surface area contributed by atoms with Gasteiger partial charge in [0.2, 0.25) is 5.91 Å². The molecular weight excluding hydrogens is 460 g/mol. The molecule has 1 aromatic heterocycles. The number of allylic oxidation sites excluding steroid dienone is 2. The van der Waals surface area contributed by atoms with Gasteiger partial charge in [0.1, 0.15) is 11.5 Å². The third-order valence-corrected chi connectivity index (χ3v) is 6.39. The molecule has 1 atom stereocenters. The van der Waals surface area contributed by atoms with Crippen molar-refractivity contribution in [2.24, 2.45) is 0 Å². The Morgan fingerprint density at radius 3 is 2.17 bits per heavy atom. The summed E-state index contributed by atoms with van der Waals surface area (Å²) in [5.41, 5.74) is 2.64. The lowest BCUT2D eigenvalue weighted by atomic mass is 9.85. The van der Waals surface area contributed by atoms with Gasteiger partial charge >= 0.3 is 0 Å². The maximum Gasteiger partial charge on any atom is 0.254 e. The number of carbonyl (C=O) groups is 2. The van der Waals surface area contributed by atoms with Crippen LogP contribution in [0, 0.1) is 18.3 Å². The highest BCUT2D eigenvalue weighted by atomic mass is 32.2. The molecule has 3 aromatic rings. The molecule has 8 heteroatoms. The summed E-state index contributed by atoms with van der Waals surface area (Å²) < 4.78 is 5.87. The molecule has 0 radical (unpaired) electrons. The quantitative estimate of drug-likeness (QED) is 0.420. The highest BCUT2D eigenvalue weighted by molar-refractivity contribution is 8.03. The predicted molar refractivity (Wildman–Crippen MR) is 137 cm³/mol. The third-order valence-electron chi connectivity index (χ3n) is 5.37. The molecule has 2 amide bonds. The van der Waals surface area contributed by atoms with Gasteiger partial charge < -0.3 is 20.4 Å². The van der Waals surface area contributed by atoms with Gasteiger partial charge in [-0.05, 0) is 50.2 Å². The second kappa shape index (κ2) is 10.8. The Morgan fingerprint density at radius 1 is 0.971 bits per heavy atom. The average Bonchev–Trinajstić information content (AvgIpc) is 3.29. The highest BCUT2D eigenvalue weighted by Crippen LogP contribution is 2.41. The van der Waals surface area contributed by atoms with Crippen molar-refractivity contribution in [1.29, 1.82) is 5.26 Å². The van der Waals surface area contributed by atoms with Crippen molar-refractivity contribution in [3.63, 3.8) is 0 Å². The molecular formula is C27H24N4O3S. The van der Waals surface area contributed by atoms with Crippen molar-refractivity contribution in [3.8, 4) is 6.07 Å². The van der Waals surface area contributed by atoms with Crippen LogP contribution >= 0.6 is 11.8 Å². The molecule has 176 valence electrons. The predicted octanol–water partition coefficient (Wildman–Crippen LogP) is 5.29. The fraction of sp³-hybridized carbons (Fsp3) is 0.148. The van der Waals surface area contributed by atoms with E-state index in [1.807, 2.05) is 43.3 Å². The zero-order valence-electron chi connectivity index (χ0n) is 19.3. The van der Waals surface area contributed by atoms with Crippen molar-refractivity contribution in [2.45, 2.75) is 19.8 Å². The van der Waals surface area contributed by atoms with Gasteiger partial charge in [-0.15, -0.1) is 0 Å². The van der Waals surface area contributed by atoms with Gasteiger partial charge in [0.25, 0.3) is 5.91 Å². The van der Waals surface area contributed by atoms with Crippen molar-refractivity contribution in [2.75, 3.05) is 16.4 Å². The number of amides is 2. The molecule has 1 aliphatic heterocycles. The lowest BCUT2D eigenvalue weighted by Crippen LogP contribution is -2.31. The number of hydrogen-bond acceptors (Lipinski definition) is 6. The van der Waals surface area contributed by atoms with Crippen LogP contribution in [0.5, 0.6) is 0 Å². The van der Waals surface area contributed by atoms with Crippen molar-refractivity contribution >= 4 is 35.0 Å². The Balaban J connectivity index is 1.61. The summed E-state index contributed by atoms with van der Waals surface area (Å²) in [7, 11) is 0. The molecule has 1 aliphatic rings. The van der Waals surface area contributed by atoms with E-state index in [-0.39, 0.29) is 17.6 Å². The second-order valence-corrected chi connectivity index (χ2v) is 8.91. The molecule has 0 spiro atoms. The zero-order valence-corrected chi connectivity index (χ0v) is 20.1. The monoisotopic (exact) mass is 484 g/mol. The SMILES string of the molecule is CC1=C(C(=O)Nc2ccccc2)[C@H](c2ccc(C)o2)C(C#N)=C(SCC(=O)Nc2ccccc2)N1. The van der Waals surface area contributed by atoms with Crippen molar-refractivity contribution in [1.82, 2.24) is 5.32 Å². The Labute approximate surface area is 207 Å². The summed E-state index contributed by atoms with van der Waals surface area (Å²) >= 11 is 1.21. The molecule has 0 saturated carbocycles. The van der Waals surface area contributed by atoms with Gasteiger partial charge in [-0.3, -0.25) is 9.59 Å². The number of anilines is 2. The van der Waals surface area contributed by atoms with E-state index in [1.165, 1.54) is 11.8 Å². The first kappa shape index (κ1) is 23.9. The van der Waals surface area contributed by atoms with Crippen LogP contribution in [0.3, 0.4) is 0 Å². The molecule has 0 aliphatic carbocycles. The Kier molecular flexibility index (Phi) is 7.38. The number of benzene rings is 2. The number of furan rings is 1. The minimum Gasteiger partial charge on any atom is -0.465 e. The number of nitrogens with zero attached hydrogens (tertiary/aromatic N) is 1. The van der Waals surface area contributed by atoms with Gasteiger partial charge in [-0.1, -0.05) is 48.2 Å². The van der Waals surface area contributed by atoms with E-state index >= 15 is 0 Å². The van der Waals surface area contributed by atoms with Crippen LogP contribution in [0.15, 0.2) is 99.1 Å². The Hall–Kier alpha value is -4.22. The minimum absolute atomic E-state index is 0.0884. The van der Waals surface area contributed by atoms with Crippen LogP contribution in [0.4, 0.5) is 11.4 Å². The van der Waals surface area contributed by atoms with Crippen LogP contribution < -0.4 is 16.0 Å². The van der Waals surface area contributed by atoms with Gasteiger partial charge in [-0.25, -0.2) is 0 Å². The molecule has 35 heavy (non-hydrogen) atoms. The molecule has 0 fully saturated rings. The van der Waals surface area contributed by atoms with E-state index in [1.54, 1.807) is 43.3 Å². The molecule has 0 saturated heterocycles. The van der Waals surface area contributed by atoms with E-state index in [4.69, 9.17) is 4.42 Å². The number of nitriles is 1. The highest BCUT2D eigenvalue weighted by Gasteiger charge is 2.36. The summed E-state index contributed by atoms with van der Waals surface area (Å²) in [5.74, 6) is 0.00726. The van der Waals surface area contributed by atoms with Crippen LogP contribution in [0.25, 0.3) is 0 Å². The van der Waals surface area contributed by atoms with Crippen molar-refractivity contribution < 1.29 is 14.0 Å². The van der Waals surface area contributed by atoms with E-state index in [0.717, 1.165) is 0 Å². The summed E-state index contributed by atoms with van der Waals surface area (Å²) in [6.07, 6.45) is 0. The summed E-state index contributed by atoms with van der Waals surface area (Å²) in [5, 5.41) is 19.6. The van der Waals surface area contributed by atoms with Crippen LogP contribution in [-0.2, 0) is 9.59 Å². The zero-order chi connectivity index (χ0) is 24.8. The van der Waals surface area contributed by atoms with Crippen LogP contribution in [0.2, 0.25) is 0 Å². The lowest BCUT2D eigenvalue weighted by Gasteiger charge is -2.28. The van der Waals surface area contributed by atoms with E-state index in [9.17, 15) is 14.9 Å². The van der Waals surface area contributed by atoms with E-state index in [2.05, 4.69) is 22.0 Å². The molecule has 3 N–H and O–H groups in total. The van der Waals surface area contributed by atoms with Crippen LogP contribution in [0.1, 0.15) is 24.4 Å². The topological polar surface area (TPSA) is 107 Å². The molecule has 0 unspecified atom stereocenters. The molecule has 0 bridgehead atoms. The molecule has 4 rings (SSSR count). The number of carbonyl (C=O) groups excluding carboxylic acids is 2. The summed E-state index contributed by atoms with van der Waals surface area (Å²) in [6.45, 7) is 3.59. The minimum atomic E-state index is -0.710. The van der Waals surface area contributed by atoms with Gasteiger partial charge in [0.15, 0.2) is 0 Å². The fourth-order valence-electron chi connectivity index (χ4n) is 3.80. The Bertz CT molecular complexity index is 1340. The fourth-order valence-corrected chi connectivity index (χ4v) is 4.69. The maximum absolute atomic E-state index is 13.4. The first-order chi connectivity index (χ1) is 17.0. The van der Waals surface area contributed by atoms with Crippen LogP contribution in [-0.4, -0.2) is 17.6 Å². The number of nitrogens with one attached hydrogen (secondary N) is 3. The number of dihydropyridines is 1. The lowest BCUT2D eigenvalue weighted by molar-refractivity contribution is -0.114. The summed E-state index contributed by atoms with van der Waals surface area (Å²) in [4.78, 5) is 25.9. The molecule has 7 nitrogen and oxygen atoms in total. The van der Waals surface area contributed by atoms with Gasteiger partial charge in [-0.2, -0.15) is 5.26 Å². The van der Waals surface area contributed by atoms with Crippen molar-refractivity contribution in [3.05, 3.63) is 106 Å². The number of rotatable bonds is 7. The standard InChI is InChI=1S/C27H24N4O3S/c1-17-13-14-22(34-17)25-21(15-28)27(35-16-23(32)30-19-9-5-3-6-10-19)29-18(2)24(25)26(33)31-20-11-7-4-8-12-20/h3-14,25,29H,16H2,1-2H3,(H,30,32)(H,31,33)/t25-/m0/s1. The first-order valence-corrected chi connectivity index (χ1v) is 12.0. The number of thioether (sulfide) groups is 1. The number of aryl methyl sites for hydroxylation is 1. The Morgan fingerprint density at radius 2 is 1.60 bits per heavy atom. The van der Waals surface area contributed by atoms with E-state index < -0.39 is 5.92 Å². The first-order valence-electron chi connectivity index (χ1n) is 11.0. The largest absolute Gasteiger partial charge is 0.465 e. The van der Waals surface area contributed by atoms with Gasteiger partial charge in [0, 0.05) is 17.1 Å². The normalized spacial score (nSPS) is 15.3. The number of hydrogen-bond donors (Lipinski definition) is 3. The smallest absolute Gasteiger partial charge is 0.254 e.